The SMILES string of the molecule is CCCC1CCN(c2cc(C#N)cc(C)n2)CC1. The van der Waals surface area contributed by atoms with E-state index in [9.17, 15) is 0 Å². The van der Waals surface area contributed by atoms with Crippen LogP contribution in [0.1, 0.15) is 43.9 Å². The molecule has 0 aromatic carbocycles. The van der Waals surface area contributed by atoms with Crippen molar-refractivity contribution >= 4 is 5.82 Å². The molecular formula is C15H21N3. The molecule has 1 aliphatic heterocycles. The molecule has 2 rings (SSSR count). The Morgan fingerprint density at radius 3 is 2.72 bits per heavy atom. The molecule has 0 amide bonds. The molecule has 0 atom stereocenters. The lowest BCUT2D eigenvalue weighted by Crippen LogP contribution is -2.34. The van der Waals surface area contributed by atoms with Crippen LogP contribution in [0.2, 0.25) is 0 Å². The summed E-state index contributed by atoms with van der Waals surface area (Å²) in [5.74, 6) is 1.85. The van der Waals surface area contributed by atoms with Crippen LogP contribution in [0.5, 0.6) is 0 Å². The second-order valence-corrected chi connectivity index (χ2v) is 5.19. The first-order valence-electron chi connectivity index (χ1n) is 6.86. The number of nitrogens with zero attached hydrogens (tertiary/aromatic N) is 3. The summed E-state index contributed by atoms with van der Waals surface area (Å²) in [5.41, 5.74) is 1.65. The Morgan fingerprint density at radius 1 is 1.39 bits per heavy atom. The Labute approximate surface area is 109 Å². The molecule has 2 heterocycles. The van der Waals surface area contributed by atoms with E-state index in [0.717, 1.165) is 30.5 Å². The van der Waals surface area contributed by atoms with Gasteiger partial charge in [0, 0.05) is 18.8 Å². The Balaban J connectivity index is 2.05. The predicted molar refractivity (Wildman–Crippen MR) is 73.5 cm³/mol. The van der Waals surface area contributed by atoms with Gasteiger partial charge >= 0.3 is 0 Å². The number of nitriles is 1. The van der Waals surface area contributed by atoms with Gasteiger partial charge < -0.3 is 4.90 Å². The highest BCUT2D eigenvalue weighted by atomic mass is 15.2. The summed E-state index contributed by atoms with van der Waals surface area (Å²) in [5, 5.41) is 9.00. The maximum atomic E-state index is 9.00. The molecule has 0 spiro atoms. The lowest BCUT2D eigenvalue weighted by molar-refractivity contribution is 0.377. The number of piperidine rings is 1. The number of hydrogen-bond acceptors (Lipinski definition) is 3. The Bertz CT molecular complexity index is 440. The summed E-state index contributed by atoms with van der Waals surface area (Å²) in [6.45, 7) is 6.36. The minimum absolute atomic E-state index is 0.716. The summed E-state index contributed by atoms with van der Waals surface area (Å²) in [7, 11) is 0. The molecule has 1 aliphatic rings. The summed E-state index contributed by atoms with van der Waals surface area (Å²) in [6.07, 6.45) is 5.14. The van der Waals surface area contributed by atoms with Crippen molar-refractivity contribution in [2.75, 3.05) is 18.0 Å². The van der Waals surface area contributed by atoms with Gasteiger partial charge in [-0.15, -0.1) is 0 Å². The highest BCUT2D eigenvalue weighted by Crippen LogP contribution is 2.25. The van der Waals surface area contributed by atoms with Gasteiger partial charge in [0.2, 0.25) is 0 Å². The number of aryl methyl sites for hydroxylation is 1. The van der Waals surface area contributed by atoms with Gasteiger partial charge in [-0.25, -0.2) is 4.98 Å². The van der Waals surface area contributed by atoms with Crippen LogP contribution in [0.3, 0.4) is 0 Å². The standard InChI is InChI=1S/C15H21N3/c1-3-4-13-5-7-18(8-6-13)15-10-14(11-16)9-12(2)17-15/h9-10,13H,3-8H2,1-2H3. The van der Waals surface area contributed by atoms with Gasteiger partial charge in [-0.05, 0) is 37.8 Å². The summed E-state index contributed by atoms with van der Waals surface area (Å²) in [4.78, 5) is 6.87. The van der Waals surface area contributed by atoms with Crippen molar-refractivity contribution in [1.29, 1.82) is 5.26 Å². The second kappa shape index (κ2) is 5.86. The van der Waals surface area contributed by atoms with Crippen LogP contribution in [0.4, 0.5) is 5.82 Å². The topological polar surface area (TPSA) is 39.9 Å². The number of hydrogen-bond donors (Lipinski definition) is 0. The fraction of sp³-hybridized carbons (Fsp3) is 0.600. The fourth-order valence-electron chi connectivity index (χ4n) is 2.74. The van der Waals surface area contributed by atoms with Crippen molar-refractivity contribution in [2.24, 2.45) is 5.92 Å². The molecule has 0 radical (unpaired) electrons. The average Bonchev–Trinajstić information content (AvgIpc) is 2.39. The summed E-state index contributed by atoms with van der Waals surface area (Å²) >= 11 is 0. The van der Waals surface area contributed by atoms with Gasteiger partial charge in [0.25, 0.3) is 0 Å². The van der Waals surface area contributed by atoms with E-state index in [1.165, 1.54) is 25.7 Å². The van der Waals surface area contributed by atoms with E-state index < -0.39 is 0 Å². The Hall–Kier alpha value is -1.56. The molecule has 96 valence electrons. The zero-order valence-electron chi connectivity index (χ0n) is 11.3. The number of aromatic nitrogens is 1. The number of pyridine rings is 1. The molecule has 18 heavy (non-hydrogen) atoms. The van der Waals surface area contributed by atoms with E-state index in [2.05, 4.69) is 22.9 Å². The minimum Gasteiger partial charge on any atom is -0.357 e. The van der Waals surface area contributed by atoms with Crippen molar-refractivity contribution in [3.05, 3.63) is 23.4 Å². The average molecular weight is 243 g/mol. The molecule has 3 heteroatoms. The van der Waals surface area contributed by atoms with Crippen LogP contribution in [0, 0.1) is 24.2 Å². The van der Waals surface area contributed by atoms with Gasteiger partial charge in [0.05, 0.1) is 11.6 Å². The number of rotatable bonds is 3. The maximum absolute atomic E-state index is 9.00. The van der Waals surface area contributed by atoms with Crippen LogP contribution in [0.25, 0.3) is 0 Å². The third-order valence-electron chi connectivity index (χ3n) is 3.70. The van der Waals surface area contributed by atoms with Crippen molar-refractivity contribution in [2.45, 2.75) is 39.5 Å². The molecule has 0 bridgehead atoms. The van der Waals surface area contributed by atoms with E-state index >= 15 is 0 Å². The van der Waals surface area contributed by atoms with E-state index in [1.807, 2.05) is 19.1 Å². The molecule has 0 saturated carbocycles. The van der Waals surface area contributed by atoms with E-state index in [0.29, 0.717) is 5.56 Å². The number of anilines is 1. The molecule has 0 unspecified atom stereocenters. The van der Waals surface area contributed by atoms with E-state index in [1.54, 1.807) is 0 Å². The van der Waals surface area contributed by atoms with Gasteiger partial charge in [0.15, 0.2) is 0 Å². The first-order valence-corrected chi connectivity index (χ1v) is 6.86. The van der Waals surface area contributed by atoms with Crippen molar-refractivity contribution in [1.82, 2.24) is 4.98 Å². The second-order valence-electron chi connectivity index (χ2n) is 5.19. The third kappa shape index (κ3) is 3.01. The van der Waals surface area contributed by atoms with Gasteiger partial charge in [0.1, 0.15) is 5.82 Å². The zero-order valence-corrected chi connectivity index (χ0v) is 11.3. The molecule has 3 nitrogen and oxygen atoms in total. The van der Waals surface area contributed by atoms with Gasteiger partial charge in [-0.1, -0.05) is 19.8 Å². The predicted octanol–water partition coefficient (Wildman–Crippen LogP) is 3.28. The Morgan fingerprint density at radius 2 is 2.11 bits per heavy atom. The van der Waals surface area contributed by atoms with Crippen LogP contribution >= 0.6 is 0 Å². The zero-order chi connectivity index (χ0) is 13.0. The van der Waals surface area contributed by atoms with E-state index in [-0.39, 0.29) is 0 Å². The molecule has 1 aromatic heterocycles. The minimum atomic E-state index is 0.716. The lowest BCUT2D eigenvalue weighted by atomic mass is 9.92. The molecule has 1 fully saturated rings. The normalized spacial score (nSPS) is 16.6. The smallest absolute Gasteiger partial charge is 0.130 e. The van der Waals surface area contributed by atoms with Crippen LogP contribution in [-0.4, -0.2) is 18.1 Å². The molecular weight excluding hydrogens is 222 g/mol. The van der Waals surface area contributed by atoms with Gasteiger partial charge in [-0.2, -0.15) is 5.26 Å². The van der Waals surface area contributed by atoms with Crippen molar-refractivity contribution in [3.8, 4) is 6.07 Å². The van der Waals surface area contributed by atoms with Crippen LogP contribution in [0.15, 0.2) is 12.1 Å². The summed E-state index contributed by atoms with van der Waals surface area (Å²) < 4.78 is 0. The third-order valence-corrected chi connectivity index (χ3v) is 3.70. The quantitative estimate of drug-likeness (QED) is 0.818. The lowest BCUT2D eigenvalue weighted by Gasteiger charge is -2.33. The fourth-order valence-corrected chi connectivity index (χ4v) is 2.74. The van der Waals surface area contributed by atoms with Crippen LogP contribution < -0.4 is 4.90 Å². The monoisotopic (exact) mass is 243 g/mol. The maximum Gasteiger partial charge on any atom is 0.130 e. The molecule has 0 N–H and O–H groups in total. The first-order chi connectivity index (χ1) is 8.72. The van der Waals surface area contributed by atoms with Crippen LogP contribution in [-0.2, 0) is 0 Å². The molecule has 1 saturated heterocycles. The highest BCUT2D eigenvalue weighted by Gasteiger charge is 2.19. The van der Waals surface area contributed by atoms with E-state index in [4.69, 9.17) is 5.26 Å². The van der Waals surface area contributed by atoms with Crippen molar-refractivity contribution < 1.29 is 0 Å². The molecule has 1 aromatic rings. The largest absolute Gasteiger partial charge is 0.357 e. The van der Waals surface area contributed by atoms with Crippen molar-refractivity contribution in [3.63, 3.8) is 0 Å². The van der Waals surface area contributed by atoms with Gasteiger partial charge in [-0.3, -0.25) is 0 Å². The molecule has 0 aliphatic carbocycles. The summed E-state index contributed by atoms with van der Waals surface area (Å²) in [6, 6.07) is 5.96. The Kier molecular flexibility index (Phi) is 4.19. The first kappa shape index (κ1) is 12.9. The highest BCUT2D eigenvalue weighted by molar-refractivity contribution is 5.46.